The summed E-state index contributed by atoms with van der Waals surface area (Å²) in [4.78, 5) is 12.6. The molecule has 0 bridgehead atoms. The van der Waals surface area contributed by atoms with Crippen molar-refractivity contribution >= 4 is 15.9 Å². The van der Waals surface area contributed by atoms with Crippen LogP contribution in [0, 0.1) is 0 Å². The van der Waals surface area contributed by atoms with Crippen molar-refractivity contribution in [2.75, 3.05) is 0 Å². The number of carbonyl (C=O) groups is 1. The third-order valence-corrected chi connectivity index (χ3v) is 5.70. The lowest BCUT2D eigenvalue weighted by molar-refractivity contribution is 0.0981. The predicted octanol–water partition coefficient (Wildman–Crippen LogP) is 3.35. The molecular weight excluding hydrogens is 374 g/mol. The second-order valence-corrected chi connectivity index (χ2v) is 9.30. The highest BCUT2D eigenvalue weighted by molar-refractivity contribution is 7.90. The molecule has 0 saturated carbocycles. The Hall–Kier alpha value is -2.93. The molecule has 146 valence electrons. The van der Waals surface area contributed by atoms with Crippen molar-refractivity contribution in [1.29, 1.82) is 0 Å². The summed E-state index contributed by atoms with van der Waals surface area (Å²) in [6.07, 6.45) is 3.49. The molecule has 7 heteroatoms. The minimum absolute atomic E-state index is 0.0570. The maximum atomic E-state index is 12.6. The molecule has 0 aliphatic heterocycles. The van der Waals surface area contributed by atoms with Gasteiger partial charge in [0.25, 0.3) is 15.9 Å². The Bertz CT molecular complexity index is 1060. The summed E-state index contributed by atoms with van der Waals surface area (Å²) in [5.41, 5.74) is 2.06. The van der Waals surface area contributed by atoms with Crippen molar-refractivity contribution < 1.29 is 13.2 Å². The van der Waals surface area contributed by atoms with Gasteiger partial charge in [-0.05, 0) is 46.9 Å². The normalized spacial score (nSPS) is 12.0. The molecule has 0 aliphatic carbocycles. The lowest BCUT2D eigenvalue weighted by Gasteiger charge is -2.19. The number of carbonyl (C=O) groups excluding carboxylic acids is 1. The third-order valence-electron chi connectivity index (χ3n) is 4.35. The van der Waals surface area contributed by atoms with Crippen molar-refractivity contribution in [1.82, 2.24) is 14.5 Å². The summed E-state index contributed by atoms with van der Waals surface area (Å²) in [6, 6.07) is 15.2. The van der Waals surface area contributed by atoms with E-state index in [1.807, 2.05) is 18.3 Å². The second kappa shape index (κ2) is 7.59. The van der Waals surface area contributed by atoms with Crippen LogP contribution in [0.2, 0.25) is 0 Å². The highest BCUT2D eigenvalue weighted by atomic mass is 32.2. The van der Waals surface area contributed by atoms with E-state index >= 15 is 0 Å². The van der Waals surface area contributed by atoms with E-state index in [2.05, 4.69) is 30.6 Å². The van der Waals surface area contributed by atoms with Gasteiger partial charge < -0.3 is 0 Å². The van der Waals surface area contributed by atoms with Gasteiger partial charge in [-0.1, -0.05) is 45.0 Å². The minimum Gasteiger partial charge on any atom is -0.268 e. The summed E-state index contributed by atoms with van der Waals surface area (Å²) in [7, 11) is -3.95. The Morgan fingerprint density at radius 3 is 2.39 bits per heavy atom. The molecule has 0 atom stereocenters. The highest BCUT2D eigenvalue weighted by Gasteiger charge is 2.20. The SMILES string of the molecule is CC(C)(C)c1ccc(S(=O)(=O)NC(=O)c2cccc(Cn3cccn3)c2)cc1. The molecule has 0 fully saturated rings. The average Bonchev–Trinajstić information content (AvgIpc) is 3.14. The van der Waals surface area contributed by atoms with Crippen LogP contribution in [0.5, 0.6) is 0 Å². The van der Waals surface area contributed by atoms with Crippen molar-refractivity contribution in [3.05, 3.63) is 83.7 Å². The van der Waals surface area contributed by atoms with Crippen LogP contribution in [0.3, 0.4) is 0 Å². The Labute approximate surface area is 165 Å². The molecule has 6 nitrogen and oxygen atoms in total. The summed E-state index contributed by atoms with van der Waals surface area (Å²) < 4.78 is 29.0. The number of sulfonamides is 1. The number of hydrogen-bond acceptors (Lipinski definition) is 4. The molecule has 0 saturated heterocycles. The van der Waals surface area contributed by atoms with Gasteiger partial charge in [-0.3, -0.25) is 9.48 Å². The first-order valence-corrected chi connectivity index (χ1v) is 10.4. The monoisotopic (exact) mass is 397 g/mol. The van der Waals surface area contributed by atoms with Gasteiger partial charge in [-0.2, -0.15) is 5.10 Å². The van der Waals surface area contributed by atoms with E-state index < -0.39 is 15.9 Å². The number of amides is 1. The molecule has 1 aromatic heterocycles. The van der Waals surface area contributed by atoms with Crippen LogP contribution < -0.4 is 4.72 Å². The molecule has 3 rings (SSSR count). The predicted molar refractivity (Wildman–Crippen MR) is 108 cm³/mol. The standard InChI is InChI=1S/C21H23N3O3S/c1-21(2,3)18-8-10-19(11-9-18)28(26,27)23-20(25)17-7-4-6-16(14-17)15-24-13-5-12-22-24/h4-14H,15H2,1-3H3,(H,23,25). The van der Waals surface area contributed by atoms with Crippen LogP contribution in [0.25, 0.3) is 0 Å². The molecule has 0 spiro atoms. The lowest BCUT2D eigenvalue weighted by Crippen LogP contribution is -2.30. The van der Waals surface area contributed by atoms with Crippen LogP contribution in [-0.2, 0) is 22.0 Å². The van der Waals surface area contributed by atoms with Gasteiger partial charge in [0.05, 0.1) is 11.4 Å². The van der Waals surface area contributed by atoms with Gasteiger partial charge in [0, 0.05) is 18.0 Å². The fourth-order valence-electron chi connectivity index (χ4n) is 2.77. The number of benzene rings is 2. The molecule has 1 heterocycles. The first kappa shape index (κ1) is 19.8. The van der Waals surface area contributed by atoms with Gasteiger partial charge in [0.1, 0.15) is 0 Å². The Morgan fingerprint density at radius 1 is 1.07 bits per heavy atom. The maximum Gasteiger partial charge on any atom is 0.265 e. The highest BCUT2D eigenvalue weighted by Crippen LogP contribution is 2.23. The van der Waals surface area contributed by atoms with E-state index in [0.29, 0.717) is 6.54 Å². The number of hydrogen-bond donors (Lipinski definition) is 1. The number of nitrogens with zero attached hydrogens (tertiary/aromatic N) is 2. The molecule has 1 amide bonds. The van der Waals surface area contributed by atoms with Gasteiger partial charge in [-0.25, -0.2) is 13.1 Å². The van der Waals surface area contributed by atoms with Crippen molar-refractivity contribution in [3.8, 4) is 0 Å². The first-order valence-electron chi connectivity index (χ1n) is 8.89. The Kier molecular flexibility index (Phi) is 5.38. The molecule has 28 heavy (non-hydrogen) atoms. The summed E-state index contributed by atoms with van der Waals surface area (Å²) in [5.74, 6) is -0.665. The molecular formula is C21H23N3O3S. The zero-order valence-electron chi connectivity index (χ0n) is 16.1. The van der Waals surface area contributed by atoms with Gasteiger partial charge >= 0.3 is 0 Å². The van der Waals surface area contributed by atoms with E-state index in [9.17, 15) is 13.2 Å². The smallest absolute Gasteiger partial charge is 0.265 e. The minimum atomic E-state index is -3.95. The van der Waals surface area contributed by atoms with E-state index in [-0.39, 0.29) is 15.9 Å². The first-order chi connectivity index (χ1) is 13.1. The molecule has 0 unspecified atom stereocenters. The molecule has 2 aromatic carbocycles. The number of rotatable bonds is 5. The molecule has 0 radical (unpaired) electrons. The van der Waals surface area contributed by atoms with Gasteiger partial charge in [-0.15, -0.1) is 0 Å². The maximum absolute atomic E-state index is 12.6. The van der Waals surface area contributed by atoms with E-state index in [1.165, 1.54) is 12.1 Å². The van der Waals surface area contributed by atoms with Crippen LogP contribution in [0.1, 0.15) is 42.3 Å². The Balaban J connectivity index is 1.76. The number of nitrogens with one attached hydrogen (secondary N) is 1. The molecule has 3 aromatic rings. The van der Waals surface area contributed by atoms with Crippen LogP contribution in [0.15, 0.2) is 71.9 Å². The van der Waals surface area contributed by atoms with E-state index in [0.717, 1.165) is 11.1 Å². The van der Waals surface area contributed by atoms with Gasteiger partial charge in [0.15, 0.2) is 0 Å². The van der Waals surface area contributed by atoms with E-state index in [4.69, 9.17) is 0 Å². The zero-order valence-corrected chi connectivity index (χ0v) is 16.9. The summed E-state index contributed by atoms with van der Waals surface area (Å²) in [5, 5.41) is 4.13. The quantitative estimate of drug-likeness (QED) is 0.716. The van der Waals surface area contributed by atoms with Crippen LogP contribution >= 0.6 is 0 Å². The molecule has 0 aliphatic rings. The van der Waals surface area contributed by atoms with Gasteiger partial charge in [0.2, 0.25) is 0 Å². The largest absolute Gasteiger partial charge is 0.268 e. The average molecular weight is 398 g/mol. The number of aromatic nitrogens is 2. The fourth-order valence-corrected chi connectivity index (χ4v) is 3.74. The van der Waals surface area contributed by atoms with Crippen LogP contribution in [-0.4, -0.2) is 24.1 Å². The van der Waals surface area contributed by atoms with Crippen molar-refractivity contribution in [2.45, 2.75) is 37.6 Å². The lowest BCUT2D eigenvalue weighted by atomic mass is 9.87. The third kappa shape index (κ3) is 4.67. The fraction of sp³-hybridized carbons (Fsp3) is 0.238. The summed E-state index contributed by atoms with van der Waals surface area (Å²) >= 11 is 0. The molecule has 1 N–H and O–H groups in total. The van der Waals surface area contributed by atoms with Crippen molar-refractivity contribution in [2.24, 2.45) is 0 Å². The van der Waals surface area contributed by atoms with Crippen molar-refractivity contribution in [3.63, 3.8) is 0 Å². The topological polar surface area (TPSA) is 81.1 Å². The van der Waals surface area contributed by atoms with E-state index in [1.54, 1.807) is 41.2 Å². The Morgan fingerprint density at radius 2 is 1.79 bits per heavy atom. The zero-order chi connectivity index (χ0) is 20.4. The summed E-state index contributed by atoms with van der Waals surface area (Å²) in [6.45, 7) is 6.65. The second-order valence-electron chi connectivity index (χ2n) is 7.61. The van der Waals surface area contributed by atoms with Crippen LogP contribution in [0.4, 0.5) is 0 Å².